The maximum absolute atomic E-state index is 5.57. The first kappa shape index (κ1) is 11.6. The second kappa shape index (κ2) is 6.01. The third kappa shape index (κ3) is 3.06. The molecule has 2 rings (SSSR count). The summed E-state index contributed by atoms with van der Waals surface area (Å²) in [4.78, 5) is 6.74. The van der Waals surface area contributed by atoms with Crippen molar-refractivity contribution in [2.24, 2.45) is 5.73 Å². The van der Waals surface area contributed by atoms with Crippen LogP contribution in [0.2, 0.25) is 0 Å². The van der Waals surface area contributed by atoms with E-state index >= 15 is 0 Å². The van der Waals surface area contributed by atoms with Gasteiger partial charge in [-0.25, -0.2) is 4.98 Å². The summed E-state index contributed by atoms with van der Waals surface area (Å²) >= 11 is 0. The summed E-state index contributed by atoms with van der Waals surface area (Å²) in [6, 6.07) is 0. The predicted molar refractivity (Wildman–Crippen MR) is 65.3 cm³/mol. The molecule has 0 radical (unpaired) electrons. The van der Waals surface area contributed by atoms with Crippen LogP contribution in [0.15, 0.2) is 12.5 Å². The maximum Gasteiger partial charge on any atom is 0.0948 e. The molecule has 90 valence electrons. The Labute approximate surface area is 97.4 Å². The minimum atomic E-state index is 0.706. The molecule has 0 aromatic carbocycles. The van der Waals surface area contributed by atoms with Gasteiger partial charge in [0.05, 0.1) is 6.33 Å². The molecule has 2 N–H and O–H groups in total. The van der Waals surface area contributed by atoms with E-state index in [0.717, 1.165) is 13.0 Å². The lowest BCUT2D eigenvalue weighted by molar-refractivity contribution is 0.324. The third-order valence-electron chi connectivity index (χ3n) is 3.27. The van der Waals surface area contributed by atoms with Crippen LogP contribution >= 0.6 is 0 Å². The first-order valence-electron chi connectivity index (χ1n) is 6.31. The van der Waals surface area contributed by atoms with E-state index in [9.17, 15) is 0 Å². The van der Waals surface area contributed by atoms with Crippen molar-refractivity contribution in [2.45, 2.75) is 32.2 Å². The van der Waals surface area contributed by atoms with Crippen molar-refractivity contribution < 1.29 is 0 Å². The second-order valence-electron chi connectivity index (χ2n) is 4.52. The number of imidazole rings is 1. The van der Waals surface area contributed by atoms with Gasteiger partial charge in [0.1, 0.15) is 0 Å². The van der Waals surface area contributed by atoms with Gasteiger partial charge >= 0.3 is 0 Å². The Morgan fingerprint density at radius 3 is 2.81 bits per heavy atom. The lowest BCUT2D eigenvalue weighted by Gasteiger charge is -2.15. The highest BCUT2D eigenvalue weighted by molar-refractivity contribution is 4.98. The molecule has 0 bridgehead atoms. The summed E-state index contributed by atoms with van der Waals surface area (Å²) in [7, 11) is 0. The Balaban J connectivity index is 1.73. The molecule has 4 nitrogen and oxygen atoms in total. The zero-order valence-corrected chi connectivity index (χ0v) is 9.94. The number of hydrogen-bond donors (Lipinski definition) is 1. The highest BCUT2D eigenvalue weighted by atomic mass is 15.1. The van der Waals surface area contributed by atoms with Crippen LogP contribution in [0, 0.1) is 0 Å². The van der Waals surface area contributed by atoms with Crippen LogP contribution in [0.3, 0.4) is 0 Å². The largest absolute Gasteiger partial charge is 0.335 e. The fourth-order valence-electron chi connectivity index (χ4n) is 2.38. The number of nitrogens with zero attached hydrogens (tertiary/aromatic N) is 3. The molecule has 1 aliphatic heterocycles. The molecule has 0 spiro atoms. The Bertz CT molecular complexity index is 302. The molecule has 1 fully saturated rings. The van der Waals surface area contributed by atoms with E-state index in [0.29, 0.717) is 6.54 Å². The van der Waals surface area contributed by atoms with E-state index in [1.165, 1.54) is 44.6 Å². The number of nitrogens with two attached hydrogens (primary N) is 1. The van der Waals surface area contributed by atoms with E-state index in [2.05, 4.69) is 14.5 Å². The molecule has 16 heavy (non-hydrogen) atoms. The van der Waals surface area contributed by atoms with Gasteiger partial charge in [0.2, 0.25) is 0 Å². The van der Waals surface area contributed by atoms with Gasteiger partial charge in [-0.05, 0) is 45.4 Å². The average molecular weight is 222 g/mol. The summed E-state index contributed by atoms with van der Waals surface area (Å²) in [6.45, 7) is 5.59. The summed E-state index contributed by atoms with van der Waals surface area (Å²) in [5.74, 6) is 0. The summed E-state index contributed by atoms with van der Waals surface area (Å²) in [5.41, 5.74) is 6.84. The van der Waals surface area contributed by atoms with Crippen LogP contribution in [0.5, 0.6) is 0 Å². The van der Waals surface area contributed by atoms with Crippen LogP contribution in [-0.2, 0) is 13.0 Å². The molecule has 1 saturated heterocycles. The van der Waals surface area contributed by atoms with Crippen LogP contribution in [-0.4, -0.2) is 40.6 Å². The molecular formula is C12H22N4. The minimum absolute atomic E-state index is 0.706. The number of aryl methyl sites for hydroxylation is 1. The fraction of sp³-hybridized carbons (Fsp3) is 0.750. The van der Waals surface area contributed by atoms with Gasteiger partial charge < -0.3 is 15.2 Å². The van der Waals surface area contributed by atoms with Gasteiger partial charge in [0, 0.05) is 24.9 Å². The van der Waals surface area contributed by atoms with Crippen LogP contribution in [0.25, 0.3) is 0 Å². The highest BCUT2D eigenvalue weighted by Gasteiger charge is 2.10. The monoisotopic (exact) mass is 222 g/mol. The van der Waals surface area contributed by atoms with Gasteiger partial charge in [0.15, 0.2) is 0 Å². The van der Waals surface area contributed by atoms with Crippen molar-refractivity contribution in [3.63, 3.8) is 0 Å². The Morgan fingerprint density at radius 1 is 1.25 bits per heavy atom. The first-order valence-corrected chi connectivity index (χ1v) is 6.31. The standard InChI is InChI=1S/C12H22N4/c13-5-4-12-10-14-11-16(12)9-3-8-15-6-1-2-7-15/h10-11H,1-9,13H2. The zero-order valence-electron chi connectivity index (χ0n) is 9.94. The Hall–Kier alpha value is -0.870. The van der Waals surface area contributed by atoms with E-state index in [-0.39, 0.29) is 0 Å². The molecule has 1 aromatic rings. The first-order chi connectivity index (χ1) is 7.90. The van der Waals surface area contributed by atoms with Crippen molar-refractivity contribution in [3.8, 4) is 0 Å². The van der Waals surface area contributed by atoms with Crippen LogP contribution in [0.4, 0.5) is 0 Å². The molecule has 1 aromatic heterocycles. The van der Waals surface area contributed by atoms with Crippen molar-refractivity contribution >= 4 is 0 Å². The minimum Gasteiger partial charge on any atom is -0.335 e. The van der Waals surface area contributed by atoms with Crippen molar-refractivity contribution in [1.29, 1.82) is 0 Å². The molecule has 4 heteroatoms. The van der Waals surface area contributed by atoms with Gasteiger partial charge in [-0.1, -0.05) is 0 Å². The Morgan fingerprint density at radius 2 is 2.06 bits per heavy atom. The maximum atomic E-state index is 5.57. The smallest absolute Gasteiger partial charge is 0.0948 e. The van der Waals surface area contributed by atoms with Gasteiger partial charge in [-0.15, -0.1) is 0 Å². The summed E-state index contributed by atoms with van der Waals surface area (Å²) in [5, 5.41) is 0. The third-order valence-corrected chi connectivity index (χ3v) is 3.27. The van der Waals surface area contributed by atoms with Crippen molar-refractivity contribution in [3.05, 3.63) is 18.2 Å². The number of likely N-dealkylation sites (tertiary alicyclic amines) is 1. The van der Waals surface area contributed by atoms with Gasteiger partial charge in [-0.2, -0.15) is 0 Å². The van der Waals surface area contributed by atoms with Gasteiger partial charge in [0.25, 0.3) is 0 Å². The lowest BCUT2D eigenvalue weighted by atomic mass is 10.3. The highest BCUT2D eigenvalue weighted by Crippen LogP contribution is 2.08. The molecular weight excluding hydrogens is 200 g/mol. The molecule has 0 saturated carbocycles. The predicted octanol–water partition coefficient (Wildman–Crippen LogP) is 0.870. The molecule has 1 aliphatic rings. The van der Waals surface area contributed by atoms with E-state index < -0.39 is 0 Å². The van der Waals surface area contributed by atoms with Crippen molar-refractivity contribution in [2.75, 3.05) is 26.2 Å². The van der Waals surface area contributed by atoms with Crippen molar-refractivity contribution in [1.82, 2.24) is 14.5 Å². The molecule has 0 atom stereocenters. The molecule has 0 aliphatic carbocycles. The van der Waals surface area contributed by atoms with Crippen LogP contribution in [0.1, 0.15) is 25.0 Å². The molecule has 2 heterocycles. The lowest BCUT2D eigenvalue weighted by Crippen LogP contribution is -2.21. The normalized spacial score (nSPS) is 17.1. The number of rotatable bonds is 6. The summed E-state index contributed by atoms with van der Waals surface area (Å²) < 4.78 is 2.24. The molecule has 0 amide bonds. The fourth-order valence-corrected chi connectivity index (χ4v) is 2.38. The summed E-state index contributed by atoms with van der Waals surface area (Å²) in [6.07, 6.45) is 8.77. The van der Waals surface area contributed by atoms with E-state index in [1.54, 1.807) is 0 Å². The van der Waals surface area contributed by atoms with E-state index in [1.807, 2.05) is 12.5 Å². The number of hydrogen-bond acceptors (Lipinski definition) is 3. The van der Waals surface area contributed by atoms with Gasteiger partial charge in [-0.3, -0.25) is 0 Å². The van der Waals surface area contributed by atoms with E-state index in [4.69, 9.17) is 5.73 Å². The van der Waals surface area contributed by atoms with Crippen LogP contribution < -0.4 is 5.73 Å². The average Bonchev–Trinajstić information content (AvgIpc) is 2.91. The number of aromatic nitrogens is 2. The second-order valence-corrected chi connectivity index (χ2v) is 4.52. The quantitative estimate of drug-likeness (QED) is 0.777. The Kier molecular flexibility index (Phi) is 4.36. The topological polar surface area (TPSA) is 47.1 Å². The SMILES string of the molecule is NCCc1cncn1CCCN1CCCC1. The zero-order chi connectivity index (χ0) is 11.2. The molecule has 0 unspecified atom stereocenters.